The summed E-state index contributed by atoms with van der Waals surface area (Å²) in [4.78, 5) is 0. The Bertz CT molecular complexity index is 583. The van der Waals surface area contributed by atoms with Gasteiger partial charge in [-0.3, -0.25) is 0 Å². The molecular weight excluding hydrogens is 222 g/mol. The van der Waals surface area contributed by atoms with E-state index in [0.717, 1.165) is 24.9 Å². The van der Waals surface area contributed by atoms with E-state index in [0.29, 0.717) is 0 Å². The Labute approximate surface area is 108 Å². The molecule has 1 heterocycles. The van der Waals surface area contributed by atoms with E-state index in [1.54, 1.807) is 0 Å². The molecule has 1 atom stereocenters. The standard InChI is InChI=1S/C15H19N3/c1-10-6-7-12(8-11(10)2)18-15-5-3-4-14(16)13(15)9-17-18/h6-9,14H,3-5,16H2,1-2H3/t14-/m0/s1. The van der Waals surface area contributed by atoms with Crippen molar-refractivity contribution >= 4 is 0 Å². The molecule has 2 N–H and O–H groups in total. The number of aryl methyl sites for hydroxylation is 2. The molecule has 0 saturated heterocycles. The zero-order chi connectivity index (χ0) is 12.7. The first-order chi connectivity index (χ1) is 8.66. The summed E-state index contributed by atoms with van der Waals surface area (Å²) in [6, 6.07) is 6.65. The fourth-order valence-corrected chi connectivity index (χ4v) is 2.67. The quantitative estimate of drug-likeness (QED) is 0.834. The van der Waals surface area contributed by atoms with Crippen LogP contribution in [0.1, 0.15) is 41.3 Å². The maximum absolute atomic E-state index is 6.14. The van der Waals surface area contributed by atoms with Gasteiger partial charge in [-0.2, -0.15) is 5.10 Å². The van der Waals surface area contributed by atoms with E-state index < -0.39 is 0 Å². The first kappa shape index (κ1) is 11.5. The van der Waals surface area contributed by atoms with Crippen molar-refractivity contribution in [1.29, 1.82) is 0 Å². The molecule has 18 heavy (non-hydrogen) atoms. The molecule has 0 unspecified atom stereocenters. The van der Waals surface area contributed by atoms with Gasteiger partial charge in [0.1, 0.15) is 0 Å². The smallest absolute Gasteiger partial charge is 0.0651 e. The normalized spacial score (nSPS) is 18.7. The van der Waals surface area contributed by atoms with Crippen LogP contribution < -0.4 is 5.73 Å². The van der Waals surface area contributed by atoms with Crippen molar-refractivity contribution in [3.63, 3.8) is 0 Å². The third-order valence-electron chi connectivity index (χ3n) is 3.96. The van der Waals surface area contributed by atoms with Crippen molar-refractivity contribution in [1.82, 2.24) is 9.78 Å². The van der Waals surface area contributed by atoms with E-state index in [9.17, 15) is 0 Å². The average Bonchev–Trinajstić information content (AvgIpc) is 2.78. The minimum absolute atomic E-state index is 0.161. The Balaban J connectivity index is 2.09. The third-order valence-corrected chi connectivity index (χ3v) is 3.96. The molecule has 3 rings (SSSR count). The molecule has 0 fully saturated rings. The van der Waals surface area contributed by atoms with Gasteiger partial charge in [0, 0.05) is 17.3 Å². The van der Waals surface area contributed by atoms with E-state index in [2.05, 4.69) is 41.8 Å². The highest BCUT2D eigenvalue weighted by Crippen LogP contribution is 2.29. The molecule has 0 spiro atoms. The first-order valence-corrected chi connectivity index (χ1v) is 6.57. The Morgan fingerprint density at radius 1 is 1.28 bits per heavy atom. The highest BCUT2D eigenvalue weighted by Gasteiger charge is 2.21. The maximum Gasteiger partial charge on any atom is 0.0651 e. The second-order valence-electron chi connectivity index (χ2n) is 5.23. The fraction of sp³-hybridized carbons (Fsp3) is 0.400. The van der Waals surface area contributed by atoms with Crippen LogP contribution in [0.2, 0.25) is 0 Å². The number of benzene rings is 1. The fourth-order valence-electron chi connectivity index (χ4n) is 2.67. The number of nitrogens with zero attached hydrogens (tertiary/aromatic N) is 2. The summed E-state index contributed by atoms with van der Waals surface area (Å²) in [5, 5.41) is 4.53. The number of fused-ring (bicyclic) bond motifs is 1. The summed E-state index contributed by atoms with van der Waals surface area (Å²) in [7, 11) is 0. The molecule has 0 aliphatic heterocycles. The van der Waals surface area contributed by atoms with Gasteiger partial charge < -0.3 is 5.73 Å². The van der Waals surface area contributed by atoms with Crippen molar-refractivity contribution in [3.8, 4) is 5.69 Å². The Kier molecular flexibility index (Phi) is 2.71. The molecule has 2 aromatic rings. The van der Waals surface area contributed by atoms with Crippen LogP contribution in [0.25, 0.3) is 5.69 Å². The lowest BCUT2D eigenvalue weighted by Crippen LogP contribution is -2.18. The average molecular weight is 241 g/mol. The summed E-state index contributed by atoms with van der Waals surface area (Å²) in [6.07, 6.45) is 5.25. The molecule has 0 bridgehead atoms. The molecule has 3 nitrogen and oxygen atoms in total. The maximum atomic E-state index is 6.14. The SMILES string of the molecule is Cc1ccc(-n2ncc3c2CCC[C@@H]3N)cc1C. The van der Waals surface area contributed by atoms with Crippen LogP contribution >= 0.6 is 0 Å². The second kappa shape index (κ2) is 4.25. The predicted molar refractivity (Wildman–Crippen MR) is 72.9 cm³/mol. The Hall–Kier alpha value is -1.61. The van der Waals surface area contributed by atoms with Crippen LogP contribution in [-0.4, -0.2) is 9.78 Å². The highest BCUT2D eigenvalue weighted by atomic mass is 15.3. The monoisotopic (exact) mass is 241 g/mol. The molecule has 0 saturated carbocycles. The Morgan fingerprint density at radius 2 is 2.11 bits per heavy atom. The summed E-state index contributed by atoms with van der Waals surface area (Å²) >= 11 is 0. The summed E-state index contributed by atoms with van der Waals surface area (Å²) in [5.74, 6) is 0. The van der Waals surface area contributed by atoms with Crippen LogP contribution in [0.5, 0.6) is 0 Å². The molecule has 1 aliphatic rings. The van der Waals surface area contributed by atoms with Gasteiger partial charge in [-0.15, -0.1) is 0 Å². The lowest BCUT2D eigenvalue weighted by Gasteiger charge is -2.19. The summed E-state index contributed by atoms with van der Waals surface area (Å²) in [5.41, 5.74) is 12.4. The van der Waals surface area contributed by atoms with Crippen LogP contribution in [-0.2, 0) is 6.42 Å². The zero-order valence-electron chi connectivity index (χ0n) is 11.0. The minimum atomic E-state index is 0.161. The first-order valence-electron chi connectivity index (χ1n) is 6.57. The molecule has 3 heteroatoms. The lowest BCUT2D eigenvalue weighted by atomic mass is 9.94. The predicted octanol–water partition coefficient (Wildman–Crippen LogP) is 2.83. The van der Waals surface area contributed by atoms with Crippen LogP contribution in [0, 0.1) is 13.8 Å². The van der Waals surface area contributed by atoms with E-state index >= 15 is 0 Å². The van der Waals surface area contributed by atoms with E-state index in [1.807, 2.05) is 6.20 Å². The molecule has 0 amide bonds. The topological polar surface area (TPSA) is 43.8 Å². The number of nitrogens with two attached hydrogens (primary N) is 1. The number of rotatable bonds is 1. The molecular formula is C15H19N3. The van der Waals surface area contributed by atoms with Gasteiger partial charge in [0.25, 0.3) is 0 Å². The van der Waals surface area contributed by atoms with Crippen molar-refractivity contribution in [2.24, 2.45) is 5.73 Å². The third kappa shape index (κ3) is 1.75. The van der Waals surface area contributed by atoms with Gasteiger partial charge in [0.15, 0.2) is 0 Å². The molecule has 1 aromatic heterocycles. The van der Waals surface area contributed by atoms with Crippen LogP contribution in [0.3, 0.4) is 0 Å². The Morgan fingerprint density at radius 3 is 2.89 bits per heavy atom. The van der Waals surface area contributed by atoms with Gasteiger partial charge in [-0.05, 0) is 56.4 Å². The molecule has 1 aromatic carbocycles. The van der Waals surface area contributed by atoms with Crippen LogP contribution in [0.4, 0.5) is 0 Å². The van der Waals surface area contributed by atoms with Gasteiger partial charge in [-0.1, -0.05) is 6.07 Å². The van der Waals surface area contributed by atoms with Crippen molar-refractivity contribution in [2.75, 3.05) is 0 Å². The van der Waals surface area contributed by atoms with Gasteiger partial charge in [0.05, 0.1) is 11.9 Å². The van der Waals surface area contributed by atoms with E-state index in [-0.39, 0.29) is 6.04 Å². The molecule has 0 radical (unpaired) electrons. The van der Waals surface area contributed by atoms with Gasteiger partial charge >= 0.3 is 0 Å². The molecule has 94 valence electrons. The minimum Gasteiger partial charge on any atom is -0.324 e. The van der Waals surface area contributed by atoms with Crippen molar-refractivity contribution < 1.29 is 0 Å². The van der Waals surface area contributed by atoms with E-state index in [1.165, 1.54) is 22.4 Å². The summed E-state index contributed by atoms with van der Waals surface area (Å²) < 4.78 is 2.06. The van der Waals surface area contributed by atoms with Crippen LogP contribution in [0.15, 0.2) is 24.4 Å². The van der Waals surface area contributed by atoms with Gasteiger partial charge in [0.2, 0.25) is 0 Å². The van der Waals surface area contributed by atoms with E-state index in [4.69, 9.17) is 5.73 Å². The number of aromatic nitrogens is 2. The largest absolute Gasteiger partial charge is 0.324 e. The highest BCUT2D eigenvalue weighted by molar-refractivity contribution is 5.42. The lowest BCUT2D eigenvalue weighted by molar-refractivity contribution is 0.558. The van der Waals surface area contributed by atoms with Gasteiger partial charge in [-0.25, -0.2) is 4.68 Å². The zero-order valence-corrected chi connectivity index (χ0v) is 11.0. The summed E-state index contributed by atoms with van der Waals surface area (Å²) in [6.45, 7) is 4.27. The second-order valence-corrected chi connectivity index (χ2v) is 5.23. The van der Waals surface area contributed by atoms with Crippen molar-refractivity contribution in [3.05, 3.63) is 46.8 Å². The number of hydrogen-bond donors (Lipinski definition) is 1. The van der Waals surface area contributed by atoms with Crippen molar-refractivity contribution in [2.45, 2.75) is 39.2 Å². The molecule has 1 aliphatic carbocycles. The number of hydrogen-bond acceptors (Lipinski definition) is 2.